The van der Waals surface area contributed by atoms with Crippen LogP contribution in [0, 0.1) is 27.7 Å². The molecule has 0 saturated heterocycles. The van der Waals surface area contributed by atoms with E-state index >= 15 is 0 Å². The van der Waals surface area contributed by atoms with E-state index in [0.29, 0.717) is 24.8 Å². The Bertz CT molecular complexity index is 1350. The molecule has 0 unspecified atom stereocenters. The largest absolute Gasteiger partial charge is 0.348 e. The average molecular weight is 429 g/mol. The fourth-order valence-corrected chi connectivity index (χ4v) is 4.18. The Morgan fingerprint density at radius 1 is 1.00 bits per heavy atom. The van der Waals surface area contributed by atoms with Crippen LogP contribution in [0.4, 0.5) is 5.69 Å². The van der Waals surface area contributed by atoms with Gasteiger partial charge in [-0.1, -0.05) is 30.3 Å². The number of nitrogens with zero attached hydrogens (tertiary/aromatic N) is 3. The zero-order valence-corrected chi connectivity index (χ0v) is 19.0. The molecular weight excluding hydrogens is 400 g/mol. The van der Waals surface area contributed by atoms with Gasteiger partial charge < -0.3 is 9.88 Å². The summed E-state index contributed by atoms with van der Waals surface area (Å²) in [5.41, 5.74) is 5.55. The van der Waals surface area contributed by atoms with E-state index in [2.05, 4.69) is 15.0 Å². The molecule has 2 aromatic carbocycles. The van der Waals surface area contributed by atoms with E-state index in [4.69, 9.17) is 0 Å². The first-order chi connectivity index (χ1) is 15.4. The molecule has 0 spiro atoms. The Kier molecular flexibility index (Phi) is 5.95. The van der Waals surface area contributed by atoms with Gasteiger partial charge in [-0.15, -0.1) is 0 Å². The molecule has 4 rings (SSSR count). The SMILES string of the molecule is Cc1ccc(C)c(NC(=O)CCCn2c(C)c3cnn(-c4ccccc4)c(=O)c3c2C)c1. The van der Waals surface area contributed by atoms with Gasteiger partial charge in [0.2, 0.25) is 5.91 Å². The monoisotopic (exact) mass is 428 g/mol. The second kappa shape index (κ2) is 8.83. The number of anilines is 1. The van der Waals surface area contributed by atoms with E-state index in [0.717, 1.165) is 39.3 Å². The number of benzene rings is 2. The van der Waals surface area contributed by atoms with Crippen molar-refractivity contribution in [3.63, 3.8) is 0 Å². The molecule has 32 heavy (non-hydrogen) atoms. The van der Waals surface area contributed by atoms with Crippen molar-refractivity contribution in [3.05, 3.63) is 87.6 Å². The van der Waals surface area contributed by atoms with Gasteiger partial charge in [-0.2, -0.15) is 9.78 Å². The van der Waals surface area contributed by atoms with Gasteiger partial charge in [0, 0.05) is 35.4 Å². The van der Waals surface area contributed by atoms with Gasteiger partial charge in [0.05, 0.1) is 17.3 Å². The summed E-state index contributed by atoms with van der Waals surface area (Å²) in [6, 6.07) is 15.5. The van der Waals surface area contributed by atoms with Gasteiger partial charge in [-0.25, -0.2) is 0 Å². The summed E-state index contributed by atoms with van der Waals surface area (Å²) in [6.45, 7) is 8.63. The summed E-state index contributed by atoms with van der Waals surface area (Å²) < 4.78 is 3.56. The fourth-order valence-electron chi connectivity index (χ4n) is 4.18. The summed E-state index contributed by atoms with van der Waals surface area (Å²) in [7, 11) is 0. The van der Waals surface area contributed by atoms with Gasteiger partial charge in [0.15, 0.2) is 0 Å². The number of amides is 1. The van der Waals surface area contributed by atoms with Crippen LogP contribution >= 0.6 is 0 Å². The van der Waals surface area contributed by atoms with Gasteiger partial charge in [0.25, 0.3) is 5.56 Å². The topological polar surface area (TPSA) is 68.9 Å². The number of aryl methyl sites for hydroxylation is 4. The van der Waals surface area contributed by atoms with E-state index in [1.54, 1.807) is 6.20 Å². The smallest absolute Gasteiger partial charge is 0.281 e. The number of aromatic nitrogens is 3. The van der Waals surface area contributed by atoms with Crippen LogP contribution in [0.3, 0.4) is 0 Å². The molecule has 0 bridgehead atoms. The Morgan fingerprint density at radius 3 is 2.50 bits per heavy atom. The van der Waals surface area contributed by atoms with E-state index < -0.39 is 0 Å². The summed E-state index contributed by atoms with van der Waals surface area (Å²) in [6.07, 6.45) is 2.85. The van der Waals surface area contributed by atoms with Crippen LogP contribution in [0.2, 0.25) is 0 Å². The van der Waals surface area contributed by atoms with Crippen LogP contribution < -0.4 is 10.9 Å². The van der Waals surface area contributed by atoms with Crippen molar-refractivity contribution in [2.45, 2.75) is 47.1 Å². The molecule has 164 valence electrons. The number of para-hydroxylation sites is 1. The van der Waals surface area contributed by atoms with Gasteiger partial charge in [-0.3, -0.25) is 9.59 Å². The standard InChI is InChI=1S/C26H28N4O2/c1-17-12-13-18(2)23(15-17)28-24(31)11-8-14-29-19(3)22-16-27-30(21-9-6-5-7-10-21)26(32)25(22)20(29)4/h5-7,9-10,12-13,15-16H,8,11,14H2,1-4H3,(H,28,31). The fraction of sp³-hybridized carbons (Fsp3) is 0.269. The number of carbonyl (C=O) groups is 1. The molecule has 6 heteroatoms. The van der Waals surface area contributed by atoms with Crippen LogP contribution in [0.5, 0.6) is 0 Å². The van der Waals surface area contributed by atoms with Crippen LogP contribution in [-0.2, 0) is 11.3 Å². The number of fused-ring (bicyclic) bond motifs is 1. The summed E-state index contributed by atoms with van der Waals surface area (Å²) in [5, 5.41) is 8.95. The van der Waals surface area contributed by atoms with Gasteiger partial charge in [-0.05, 0) is 63.4 Å². The van der Waals surface area contributed by atoms with Crippen molar-refractivity contribution in [3.8, 4) is 5.69 Å². The first kappa shape index (κ1) is 21.6. The molecule has 0 fully saturated rings. The second-order valence-electron chi connectivity index (χ2n) is 8.28. The second-order valence-corrected chi connectivity index (χ2v) is 8.28. The lowest BCUT2D eigenvalue weighted by molar-refractivity contribution is -0.116. The van der Waals surface area contributed by atoms with Crippen LogP contribution in [0.1, 0.15) is 35.4 Å². The van der Waals surface area contributed by atoms with Crippen molar-refractivity contribution in [2.24, 2.45) is 0 Å². The molecule has 2 heterocycles. The average Bonchev–Trinajstić information content (AvgIpc) is 3.02. The third-order valence-corrected chi connectivity index (χ3v) is 5.99. The number of carbonyl (C=O) groups excluding carboxylic acids is 1. The van der Waals surface area contributed by atoms with E-state index in [1.807, 2.05) is 76.2 Å². The van der Waals surface area contributed by atoms with Crippen LogP contribution in [0.25, 0.3) is 16.5 Å². The predicted molar refractivity (Wildman–Crippen MR) is 129 cm³/mol. The molecule has 4 aromatic rings. The van der Waals surface area contributed by atoms with Crippen molar-refractivity contribution < 1.29 is 4.79 Å². The van der Waals surface area contributed by atoms with Crippen molar-refractivity contribution >= 4 is 22.4 Å². The lowest BCUT2D eigenvalue weighted by atomic mass is 10.1. The third-order valence-electron chi connectivity index (χ3n) is 5.99. The predicted octanol–water partition coefficient (Wildman–Crippen LogP) is 4.84. The van der Waals surface area contributed by atoms with E-state index in [-0.39, 0.29) is 11.5 Å². The maximum atomic E-state index is 13.2. The molecule has 0 aliphatic heterocycles. The minimum atomic E-state index is -0.124. The van der Waals surface area contributed by atoms with E-state index in [1.165, 1.54) is 4.68 Å². The van der Waals surface area contributed by atoms with E-state index in [9.17, 15) is 9.59 Å². The highest BCUT2D eigenvalue weighted by molar-refractivity contribution is 5.91. The summed E-state index contributed by atoms with van der Waals surface area (Å²) in [4.78, 5) is 25.7. The van der Waals surface area contributed by atoms with Crippen molar-refractivity contribution in [1.82, 2.24) is 14.3 Å². The molecular formula is C26H28N4O2. The highest BCUT2D eigenvalue weighted by atomic mass is 16.1. The van der Waals surface area contributed by atoms with Crippen molar-refractivity contribution in [2.75, 3.05) is 5.32 Å². The molecule has 0 atom stereocenters. The molecule has 1 N–H and O–H groups in total. The molecule has 6 nitrogen and oxygen atoms in total. The molecule has 1 amide bonds. The van der Waals surface area contributed by atoms with Crippen LogP contribution in [0.15, 0.2) is 59.5 Å². The number of hydrogen-bond donors (Lipinski definition) is 1. The summed E-state index contributed by atoms with van der Waals surface area (Å²) in [5.74, 6) is -0.00110. The minimum Gasteiger partial charge on any atom is -0.348 e. The molecule has 0 radical (unpaired) electrons. The third kappa shape index (κ3) is 4.08. The Labute approximate surface area is 187 Å². The highest BCUT2D eigenvalue weighted by Gasteiger charge is 2.17. The summed E-state index contributed by atoms with van der Waals surface area (Å²) >= 11 is 0. The number of hydrogen-bond acceptors (Lipinski definition) is 3. The Hall–Kier alpha value is -3.67. The van der Waals surface area contributed by atoms with Crippen LogP contribution in [-0.4, -0.2) is 20.3 Å². The molecule has 0 aliphatic rings. The maximum Gasteiger partial charge on any atom is 0.281 e. The van der Waals surface area contributed by atoms with Gasteiger partial charge >= 0.3 is 0 Å². The normalized spacial score (nSPS) is 11.1. The van der Waals surface area contributed by atoms with Gasteiger partial charge in [0.1, 0.15) is 0 Å². The molecule has 2 aromatic heterocycles. The highest BCUT2D eigenvalue weighted by Crippen LogP contribution is 2.23. The molecule has 0 aliphatic carbocycles. The maximum absolute atomic E-state index is 13.2. The first-order valence-electron chi connectivity index (χ1n) is 10.9. The lowest BCUT2D eigenvalue weighted by Crippen LogP contribution is -2.21. The zero-order chi connectivity index (χ0) is 22.8. The van der Waals surface area contributed by atoms with Crippen molar-refractivity contribution in [1.29, 1.82) is 0 Å². The zero-order valence-electron chi connectivity index (χ0n) is 19.0. The quantitative estimate of drug-likeness (QED) is 0.478. The number of rotatable bonds is 6. The minimum absolute atomic E-state index is 0.00110. The molecule has 0 saturated carbocycles. The Morgan fingerprint density at radius 2 is 1.75 bits per heavy atom. The first-order valence-corrected chi connectivity index (χ1v) is 10.9. The number of nitrogens with one attached hydrogen (secondary N) is 1. The Balaban J connectivity index is 1.52. The lowest BCUT2D eigenvalue weighted by Gasteiger charge is -2.11.